The Bertz CT molecular complexity index is 467. The van der Waals surface area contributed by atoms with Crippen LogP contribution in [0.15, 0.2) is 18.3 Å². The monoisotopic (exact) mass is 289 g/mol. The van der Waals surface area contributed by atoms with Gasteiger partial charge in [-0.15, -0.1) is 0 Å². The van der Waals surface area contributed by atoms with Gasteiger partial charge in [0.1, 0.15) is 0 Å². The zero-order chi connectivity index (χ0) is 15.2. The highest BCUT2D eigenvalue weighted by Gasteiger charge is 2.27. The fraction of sp³-hybridized carbons (Fsp3) is 0.647. The molecule has 0 aromatic carbocycles. The normalized spacial score (nSPS) is 22.0. The maximum absolute atomic E-state index is 12.6. The molecule has 0 spiro atoms. The van der Waals surface area contributed by atoms with E-state index in [-0.39, 0.29) is 5.91 Å². The molecule has 1 fully saturated rings. The predicted molar refractivity (Wildman–Crippen MR) is 85.4 cm³/mol. The van der Waals surface area contributed by atoms with Crippen molar-refractivity contribution < 1.29 is 4.79 Å². The molecule has 21 heavy (non-hydrogen) atoms. The van der Waals surface area contributed by atoms with Crippen molar-refractivity contribution in [2.45, 2.75) is 58.0 Å². The highest BCUT2D eigenvalue weighted by atomic mass is 16.2. The topological polar surface area (TPSA) is 45.2 Å². The Balaban J connectivity index is 1.91. The second kappa shape index (κ2) is 7.55. The highest BCUT2D eigenvalue weighted by Crippen LogP contribution is 2.24. The van der Waals surface area contributed by atoms with Crippen LogP contribution in [-0.2, 0) is 0 Å². The van der Waals surface area contributed by atoms with Gasteiger partial charge in [-0.05, 0) is 57.7 Å². The van der Waals surface area contributed by atoms with Crippen LogP contribution in [0, 0.1) is 6.92 Å². The molecule has 1 N–H and O–H groups in total. The summed E-state index contributed by atoms with van der Waals surface area (Å²) in [6.45, 7) is 5.19. The van der Waals surface area contributed by atoms with Gasteiger partial charge in [-0.2, -0.15) is 0 Å². The summed E-state index contributed by atoms with van der Waals surface area (Å²) in [7, 11) is 1.93. The van der Waals surface area contributed by atoms with Gasteiger partial charge in [0, 0.05) is 31.0 Å². The second-order valence-corrected chi connectivity index (χ2v) is 6.01. The first-order valence-electron chi connectivity index (χ1n) is 8.05. The van der Waals surface area contributed by atoms with E-state index in [9.17, 15) is 4.79 Å². The van der Waals surface area contributed by atoms with Crippen LogP contribution in [0.5, 0.6) is 0 Å². The minimum atomic E-state index is 0.102. The molecule has 4 nitrogen and oxygen atoms in total. The molecule has 1 aliphatic rings. The van der Waals surface area contributed by atoms with Crippen molar-refractivity contribution in [1.29, 1.82) is 0 Å². The predicted octanol–water partition coefficient (Wildman–Crippen LogP) is 2.77. The second-order valence-electron chi connectivity index (χ2n) is 6.01. The summed E-state index contributed by atoms with van der Waals surface area (Å²) < 4.78 is 0. The molecule has 1 aromatic heterocycles. The lowest BCUT2D eigenvalue weighted by Gasteiger charge is -2.35. The van der Waals surface area contributed by atoms with E-state index >= 15 is 0 Å². The molecule has 116 valence electrons. The van der Waals surface area contributed by atoms with Gasteiger partial charge in [0.2, 0.25) is 0 Å². The smallest absolute Gasteiger partial charge is 0.255 e. The van der Waals surface area contributed by atoms with E-state index in [0.29, 0.717) is 12.1 Å². The molecular formula is C17H27N3O. The van der Waals surface area contributed by atoms with Crippen molar-refractivity contribution in [3.8, 4) is 0 Å². The van der Waals surface area contributed by atoms with Crippen LogP contribution in [0.1, 0.15) is 55.1 Å². The molecule has 1 heterocycles. The molecule has 1 aliphatic carbocycles. The molecule has 0 atom stereocenters. The fourth-order valence-electron chi connectivity index (χ4n) is 3.08. The van der Waals surface area contributed by atoms with E-state index in [0.717, 1.165) is 43.5 Å². The first-order valence-corrected chi connectivity index (χ1v) is 8.05. The van der Waals surface area contributed by atoms with Crippen molar-refractivity contribution in [3.05, 3.63) is 29.6 Å². The average molecular weight is 289 g/mol. The Morgan fingerprint density at radius 3 is 2.71 bits per heavy atom. The summed E-state index contributed by atoms with van der Waals surface area (Å²) in [4.78, 5) is 18.7. The Morgan fingerprint density at radius 1 is 1.38 bits per heavy atom. The number of nitrogens with one attached hydrogen (secondary N) is 1. The summed E-state index contributed by atoms with van der Waals surface area (Å²) >= 11 is 0. The number of carbonyl (C=O) groups excluding carboxylic acids is 1. The van der Waals surface area contributed by atoms with Gasteiger partial charge in [-0.25, -0.2) is 0 Å². The lowest BCUT2D eigenvalue weighted by molar-refractivity contribution is 0.0683. The van der Waals surface area contributed by atoms with Crippen LogP contribution in [0.4, 0.5) is 0 Å². The van der Waals surface area contributed by atoms with Crippen LogP contribution < -0.4 is 5.32 Å². The number of carbonyl (C=O) groups is 1. The lowest BCUT2D eigenvalue weighted by atomic mass is 9.90. The third-order valence-electron chi connectivity index (χ3n) is 4.49. The zero-order valence-electron chi connectivity index (χ0n) is 13.4. The fourth-order valence-corrected chi connectivity index (χ4v) is 3.08. The van der Waals surface area contributed by atoms with E-state index in [1.54, 1.807) is 6.20 Å². The van der Waals surface area contributed by atoms with Crippen molar-refractivity contribution in [2.75, 3.05) is 13.6 Å². The van der Waals surface area contributed by atoms with Crippen molar-refractivity contribution >= 4 is 5.91 Å². The number of aryl methyl sites for hydroxylation is 1. The molecule has 1 saturated carbocycles. The van der Waals surface area contributed by atoms with Gasteiger partial charge in [0.05, 0.1) is 5.56 Å². The minimum absolute atomic E-state index is 0.102. The third-order valence-corrected chi connectivity index (χ3v) is 4.49. The summed E-state index contributed by atoms with van der Waals surface area (Å²) in [6.07, 6.45) is 7.41. The Kier molecular flexibility index (Phi) is 5.74. The number of hydrogen-bond donors (Lipinski definition) is 1. The van der Waals surface area contributed by atoms with Crippen molar-refractivity contribution in [3.63, 3.8) is 0 Å². The maximum atomic E-state index is 12.6. The highest BCUT2D eigenvalue weighted by molar-refractivity contribution is 5.95. The largest absolute Gasteiger partial charge is 0.339 e. The standard InChI is InChI=1S/C17H27N3O/c1-4-11-19-14-7-9-15(10-8-14)20(3)17(21)16-6-5-12-18-13(16)2/h5-6,12,14-15,19H,4,7-11H2,1-3H3. The van der Waals surface area contributed by atoms with Gasteiger partial charge >= 0.3 is 0 Å². The average Bonchev–Trinajstić information content (AvgIpc) is 2.52. The molecule has 1 amide bonds. The molecule has 4 heteroatoms. The molecule has 0 unspecified atom stereocenters. The van der Waals surface area contributed by atoms with Gasteiger partial charge in [0.25, 0.3) is 5.91 Å². The number of rotatable bonds is 5. The quantitative estimate of drug-likeness (QED) is 0.906. The molecular weight excluding hydrogens is 262 g/mol. The lowest BCUT2D eigenvalue weighted by Crippen LogP contribution is -2.43. The Labute approximate surface area is 127 Å². The number of hydrogen-bond acceptors (Lipinski definition) is 3. The first-order chi connectivity index (χ1) is 10.1. The third kappa shape index (κ3) is 4.03. The zero-order valence-corrected chi connectivity index (χ0v) is 13.4. The Morgan fingerprint density at radius 2 is 2.10 bits per heavy atom. The molecule has 0 saturated heterocycles. The number of amides is 1. The van der Waals surface area contributed by atoms with E-state index < -0.39 is 0 Å². The number of nitrogens with zero attached hydrogens (tertiary/aromatic N) is 2. The van der Waals surface area contributed by atoms with E-state index in [1.165, 1.54) is 6.42 Å². The molecule has 0 radical (unpaired) electrons. The number of pyridine rings is 1. The van der Waals surface area contributed by atoms with Gasteiger partial charge < -0.3 is 10.2 Å². The van der Waals surface area contributed by atoms with Crippen LogP contribution in [0.2, 0.25) is 0 Å². The Hall–Kier alpha value is -1.42. The van der Waals surface area contributed by atoms with Gasteiger partial charge in [0.15, 0.2) is 0 Å². The maximum Gasteiger partial charge on any atom is 0.255 e. The molecule has 0 bridgehead atoms. The molecule has 1 aromatic rings. The van der Waals surface area contributed by atoms with Crippen LogP contribution >= 0.6 is 0 Å². The summed E-state index contributed by atoms with van der Waals surface area (Å²) in [5.74, 6) is 0.102. The van der Waals surface area contributed by atoms with E-state index in [1.807, 2.05) is 31.0 Å². The minimum Gasteiger partial charge on any atom is -0.339 e. The van der Waals surface area contributed by atoms with Crippen molar-refractivity contribution in [1.82, 2.24) is 15.2 Å². The van der Waals surface area contributed by atoms with Crippen LogP contribution in [-0.4, -0.2) is 41.5 Å². The number of aromatic nitrogens is 1. The first kappa shape index (κ1) is 16.0. The summed E-state index contributed by atoms with van der Waals surface area (Å²) in [5, 5.41) is 3.59. The molecule has 0 aliphatic heterocycles. The van der Waals surface area contributed by atoms with Crippen LogP contribution in [0.3, 0.4) is 0 Å². The summed E-state index contributed by atoms with van der Waals surface area (Å²) in [6, 6.07) is 4.69. The van der Waals surface area contributed by atoms with Crippen molar-refractivity contribution in [2.24, 2.45) is 0 Å². The SMILES string of the molecule is CCCNC1CCC(N(C)C(=O)c2cccnc2C)CC1. The van der Waals surface area contributed by atoms with Gasteiger partial charge in [-0.1, -0.05) is 6.92 Å². The molecule has 2 rings (SSSR count). The van der Waals surface area contributed by atoms with E-state index in [2.05, 4.69) is 17.2 Å². The van der Waals surface area contributed by atoms with E-state index in [4.69, 9.17) is 0 Å². The van der Waals surface area contributed by atoms with Crippen LogP contribution in [0.25, 0.3) is 0 Å². The summed E-state index contributed by atoms with van der Waals surface area (Å²) in [5.41, 5.74) is 1.54. The van der Waals surface area contributed by atoms with Gasteiger partial charge in [-0.3, -0.25) is 9.78 Å².